The first kappa shape index (κ1) is 12.4. The van der Waals surface area contributed by atoms with Crippen molar-refractivity contribution >= 4 is 5.69 Å². The number of nitrogens with zero attached hydrogens (tertiary/aromatic N) is 3. The first-order valence-corrected chi connectivity index (χ1v) is 6.24. The number of likely N-dealkylation sites (tertiary alicyclic amines) is 1. The van der Waals surface area contributed by atoms with Crippen LogP contribution in [0.15, 0.2) is 12.4 Å². The Kier molecular flexibility index (Phi) is 3.69. The van der Waals surface area contributed by atoms with Crippen LogP contribution in [0.25, 0.3) is 0 Å². The summed E-state index contributed by atoms with van der Waals surface area (Å²) in [6, 6.07) is 0.572. The molecule has 1 aliphatic heterocycles. The Bertz CT molecular complexity index is 365. The summed E-state index contributed by atoms with van der Waals surface area (Å²) in [4.78, 5) is 2.35. The fraction of sp³-hybridized carbons (Fsp3) is 0.750. The maximum atomic E-state index is 10.0. The number of hydrogen-bond acceptors (Lipinski definition) is 4. The normalized spacial score (nSPS) is 27.5. The molecule has 3 atom stereocenters. The molecule has 0 radical (unpaired) electrons. The quantitative estimate of drug-likeness (QED) is 0.804. The summed E-state index contributed by atoms with van der Waals surface area (Å²) in [5, 5.41) is 14.1. The second-order valence-electron chi connectivity index (χ2n) is 5.29. The molecule has 96 valence electrons. The van der Waals surface area contributed by atoms with Crippen LogP contribution in [0.3, 0.4) is 0 Å². The maximum Gasteiger partial charge on any atom is 0.0862 e. The van der Waals surface area contributed by atoms with Crippen LogP contribution in [0.2, 0.25) is 0 Å². The molecule has 0 spiro atoms. The van der Waals surface area contributed by atoms with Crippen LogP contribution in [-0.4, -0.2) is 45.0 Å². The number of hydrogen-bond donors (Lipinski definition) is 2. The van der Waals surface area contributed by atoms with Crippen molar-refractivity contribution < 1.29 is 5.11 Å². The lowest BCUT2D eigenvalue weighted by atomic mass is 10.1. The highest BCUT2D eigenvalue weighted by Gasteiger charge is 2.27. The third-order valence-electron chi connectivity index (χ3n) is 3.41. The third kappa shape index (κ3) is 3.20. The number of aromatic nitrogens is 2. The van der Waals surface area contributed by atoms with Crippen molar-refractivity contribution in [2.45, 2.75) is 39.0 Å². The van der Waals surface area contributed by atoms with Gasteiger partial charge in [-0.05, 0) is 19.3 Å². The zero-order chi connectivity index (χ0) is 12.4. The van der Waals surface area contributed by atoms with E-state index in [0.717, 1.165) is 12.5 Å². The van der Waals surface area contributed by atoms with Crippen molar-refractivity contribution in [2.75, 3.05) is 18.8 Å². The first-order chi connectivity index (χ1) is 8.04. The van der Waals surface area contributed by atoms with Crippen molar-refractivity contribution in [1.82, 2.24) is 14.7 Å². The molecule has 2 heterocycles. The SMILES string of the molecule is CC1CC(C)N(CC(O)Cn2cc(N)cn2)C1. The van der Waals surface area contributed by atoms with Crippen LogP contribution in [0.5, 0.6) is 0 Å². The Morgan fingerprint density at radius 2 is 2.29 bits per heavy atom. The lowest BCUT2D eigenvalue weighted by Crippen LogP contribution is -2.37. The number of β-amino-alcohol motifs (C(OH)–C–C–N with tert-alkyl or cyclic N) is 1. The molecular weight excluding hydrogens is 216 g/mol. The van der Waals surface area contributed by atoms with Crippen LogP contribution in [0.4, 0.5) is 5.69 Å². The van der Waals surface area contributed by atoms with Gasteiger partial charge < -0.3 is 10.8 Å². The van der Waals surface area contributed by atoms with Gasteiger partial charge in [0, 0.05) is 25.3 Å². The number of aliphatic hydroxyl groups excluding tert-OH is 1. The number of aliphatic hydroxyl groups is 1. The van der Waals surface area contributed by atoms with Gasteiger partial charge in [-0.25, -0.2) is 0 Å². The molecule has 0 bridgehead atoms. The lowest BCUT2D eigenvalue weighted by molar-refractivity contribution is 0.0912. The minimum atomic E-state index is -0.387. The van der Waals surface area contributed by atoms with E-state index in [-0.39, 0.29) is 6.10 Å². The predicted molar refractivity (Wildman–Crippen MR) is 67.5 cm³/mol. The predicted octanol–water partition coefficient (Wildman–Crippen LogP) is 0.556. The molecule has 0 saturated carbocycles. The summed E-state index contributed by atoms with van der Waals surface area (Å²) in [6.45, 7) is 6.79. The summed E-state index contributed by atoms with van der Waals surface area (Å²) in [7, 11) is 0. The average molecular weight is 238 g/mol. The van der Waals surface area contributed by atoms with Gasteiger partial charge in [0.15, 0.2) is 0 Å². The molecule has 2 rings (SSSR count). The van der Waals surface area contributed by atoms with Gasteiger partial charge >= 0.3 is 0 Å². The second kappa shape index (κ2) is 5.06. The second-order valence-corrected chi connectivity index (χ2v) is 5.29. The molecule has 1 fully saturated rings. The molecule has 5 nitrogen and oxygen atoms in total. The van der Waals surface area contributed by atoms with Crippen LogP contribution in [0, 0.1) is 5.92 Å². The Balaban J connectivity index is 1.83. The Morgan fingerprint density at radius 3 is 2.82 bits per heavy atom. The molecule has 0 aliphatic carbocycles. The van der Waals surface area contributed by atoms with Gasteiger partial charge in [-0.15, -0.1) is 0 Å². The monoisotopic (exact) mass is 238 g/mol. The van der Waals surface area contributed by atoms with Crippen LogP contribution in [0.1, 0.15) is 20.3 Å². The average Bonchev–Trinajstić information content (AvgIpc) is 2.74. The minimum Gasteiger partial charge on any atom is -0.396 e. The van der Waals surface area contributed by atoms with E-state index < -0.39 is 0 Å². The molecule has 5 heteroatoms. The van der Waals surface area contributed by atoms with E-state index in [0.29, 0.717) is 24.8 Å². The van der Waals surface area contributed by atoms with Crippen LogP contribution < -0.4 is 5.73 Å². The first-order valence-electron chi connectivity index (χ1n) is 6.24. The highest BCUT2D eigenvalue weighted by Crippen LogP contribution is 2.22. The molecule has 0 amide bonds. The van der Waals surface area contributed by atoms with Crippen molar-refractivity contribution in [3.8, 4) is 0 Å². The molecule has 1 aliphatic rings. The van der Waals surface area contributed by atoms with E-state index >= 15 is 0 Å². The summed E-state index contributed by atoms with van der Waals surface area (Å²) >= 11 is 0. The van der Waals surface area contributed by atoms with Gasteiger partial charge in [-0.3, -0.25) is 9.58 Å². The van der Waals surface area contributed by atoms with Gasteiger partial charge in [-0.2, -0.15) is 5.10 Å². The molecule has 3 unspecified atom stereocenters. The summed E-state index contributed by atoms with van der Waals surface area (Å²) < 4.78 is 1.70. The minimum absolute atomic E-state index is 0.387. The highest BCUT2D eigenvalue weighted by atomic mass is 16.3. The van der Waals surface area contributed by atoms with Crippen LogP contribution >= 0.6 is 0 Å². The summed E-state index contributed by atoms with van der Waals surface area (Å²) in [5.74, 6) is 0.734. The third-order valence-corrected chi connectivity index (χ3v) is 3.41. The highest BCUT2D eigenvalue weighted by molar-refractivity contribution is 5.30. The number of nitrogen functional groups attached to an aromatic ring is 1. The molecule has 3 N–H and O–H groups in total. The summed E-state index contributed by atoms with van der Waals surface area (Å²) in [5.41, 5.74) is 6.22. The molecule has 0 aromatic carbocycles. The summed E-state index contributed by atoms with van der Waals surface area (Å²) in [6.07, 6.45) is 4.19. The van der Waals surface area contributed by atoms with E-state index in [1.54, 1.807) is 17.1 Å². The van der Waals surface area contributed by atoms with E-state index in [1.165, 1.54) is 6.42 Å². The number of nitrogens with two attached hydrogens (primary N) is 1. The van der Waals surface area contributed by atoms with Crippen molar-refractivity contribution in [1.29, 1.82) is 0 Å². The molecule has 1 saturated heterocycles. The number of anilines is 1. The smallest absolute Gasteiger partial charge is 0.0862 e. The van der Waals surface area contributed by atoms with Gasteiger partial charge in [-0.1, -0.05) is 6.92 Å². The van der Waals surface area contributed by atoms with Crippen molar-refractivity contribution in [3.63, 3.8) is 0 Å². The Labute approximate surface area is 102 Å². The fourth-order valence-electron chi connectivity index (χ4n) is 2.66. The van der Waals surface area contributed by atoms with Crippen LogP contribution in [-0.2, 0) is 6.54 Å². The Morgan fingerprint density at radius 1 is 1.53 bits per heavy atom. The van der Waals surface area contributed by atoms with Gasteiger partial charge in [0.1, 0.15) is 0 Å². The van der Waals surface area contributed by atoms with E-state index in [9.17, 15) is 5.11 Å². The fourth-order valence-corrected chi connectivity index (χ4v) is 2.66. The maximum absolute atomic E-state index is 10.0. The van der Waals surface area contributed by atoms with E-state index in [1.807, 2.05) is 0 Å². The Hall–Kier alpha value is -1.07. The van der Waals surface area contributed by atoms with E-state index in [4.69, 9.17) is 5.73 Å². The topological polar surface area (TPSA) is 67.3 Å². The largest absolute Gasteiger partial charge is 0.396 e. The molecule has 1 aromatic rings. The molecule has 1 aromatic heterocycles. The van der Waals surface area contributed by atoms with Crippen molar-refractivity contribution in [2.24, 2.45) is 5.92 Å². The molecule has 17 heavy (non-hydrogen) atoms. The zero-order valence-corrected chi connectivity index (χ0v) is 10.6. The number of rotatable bonds is 4. The van der Waals surface area contributed by atoms with Gasteiger partial charge in [0.25, 0.3) is 0 Å². The van der Waals surface area contributed by atoms with Gasteiger partial charge in [0.05, 0.1) is 24.5 Å². The van der Waals surface area contributed by atoms with Gasteiger partial charge in [0.2, 0.25) is 0 Å². The molecular formula is C12H22N4O. The zero-order valence-electron chi connectivity index (χ0n) is 10.6. The van der Waals surface area contributed by atoms with Crippen molar-refractivity contribution in [3.05, 3.63) is 12.4 Å². The standard InChI is InChI=1S/C12H22N4O/c1-9-3-10(2)15(5-9)7-12(17)8-16-6-11(13)4-14-16/h4,6,9-10,12,17H,3,5,7-8,13H2,1-2H3. The van der Waals surface area contributed by atoms with E-state index in [2.05, 4.69) is 23.8 Å². The lowest BCUT2D eigenvalue weighted by Gasteiger charge is -2.24.